The zero-order valence-electron chi connectivity index (χ0n) is 11.8. The fourth-order valence-electron chi connectivity index (χ4n) is 1.89. The first kappa shape index (κ1) is 14.9. The van der Waals surface area contributed by atoms with Crippen LogP contribution in [0.3, 0.4) is 0 Å². The van der Waals surface area contributed by atoms with E-state index in [1.54, 1.807) is 13.3 Å². The topological polar surface area (TPSA) is 48.3 Å². The number of nitrogens with one attached hydrogen (secondary N) is 1. The minimum Gasteiger partial charge on any atom is -0.493 e. The molecular formula is C14H18BrN3O2. The summed E-state index contributed by atoms with van der Waals surface area (Å²) in [5.41, 5.74) is 1.13. The van der Waals surface area contributed by atoms with Gasteiger partial charge in [0.15, 0.2) is 11.5 Å². The summed E-state index contributed by atoms with van der Waals surface area (Å²) in [6.07, 6.45) is 3.64. The number of aromatic nitrogens is 2. The molecule has 2 rings (SSSR count). The first-order valence-electron chi connectivity index (χ1n) is 6.25. The summed E-state index contributed by atoms with van der Waals surface area (Å²) in [5.74, 6) is 2.26. The fraction of sp³-hybridized carbons (Fsp3) is 0.357. The normalized spacial score (nSPS) is 10.6. The maximum absolute atomic E-state index is 5.84. The lowest BCUT2D eigenvalue weighted by atomic mass is 10.2. The van der Waals surface area contributed by atoms with E-state index >= 15 is 0 Å². The van der Waals surface area contributed by atoms with Crippen LogP contribution >= 0.6 is 15.9 Å². The number of imidazole rings is 1. The number of aryl methyl sites for hydroxylation is 1. The third kappa shape index (κ3) is 3.32. The number of nitrogens with zero attached hydrogens (tertiary/aromatic N) is 2. The minimum absolute atomic E-state index is 0.393. The molecule has 1 aromatic heterocycles. The first-order valence-corrected chi connectivity index (χ1v) is 7.05. The van der Waals surface area contributed by atoms with Gasteiger partial charge in [-0.15, -0.1) is 0 Å². The van der Waals surface area contributed by atoms with E-state index in [1.165, 1.54) is 0 Å². The number of hydrogen-bond acceptors (Lipinski definition) is 4. The highest BCUT2D eigenvalue weighted by atomic mass is 79.9. The Morgan fingerprint density at radius 1 is 1.40 bits per heavy atom. The predicted octanol–water partition coefficient (Wildman–Crippen LogP) is 2.49. The standard InChI is InChI=1S/C14H18BrN3O2/c1-16-8-10-6-11(15)14(12(7-10)19-3)20-9-13-17-4-5-18(13)2/h4-7,16H,8-9H2,1-3H3. The molecule has 1 aromatic carbocycles. The molecule has 6 heteroatoms. The summed E-state index contributed by atoms with van der Waals surface area (Å²) < 4.78 is 14.0. The quantitative estimate of drug-likeness (QED) is 0.878. The van der Waals surface area contributed by atoms with E-state index in [4.69, 9.17) is 9.47 Å². The number of benzene rings is 1. The summed E-state index contributed by atoms with van der Waals surface area (Å²) in [4.78, 5) is 4.23. The molecule has 0 saturated heterocycles. The molecule has 0 aliphatic rings. The Balaban J connectivity index is 2.20. The molecule has 108 valence electrons. The van der Waals surface area contributed by atoms with E-state index in [2.05, 4.69) is 26.2 Å². The van der Waals surface area contributed by atoms with E-state index in [-0.39, 0.29) is 0 Å². The zero-order chi connectivity index (χ0) is 14.5. The molecule has 0 unspecified atom stereocenters. The highest BCUT2D eigenvalue weighted by Crippen LogP contribution is 2.37. The molecule has 0 spiro atoms. The van der Waals surface area contributed by atoms with Crippen LogP contribution in [0.15, 0.2) is 29.0 Å². The smallest absolute Gasteiger partial charge is 0.176 e. The van der Waals surface area contributed by atoms with Gasteiger partial charge in [0.2, 0.25) is 0 Å². The van der Waals surface area contributed by atoms with Gasteiger partial charge in [-0.1, -0.05) is 0 Å². The SMILES string of the molecule is CNCc1cc(Br)c(OCc2nccn2C)c(OC)c1. The van der Waals surface area contributed by atoms with Crippen molar-refractivity contribution in [3.63, 3.8) is 0 Å². The lowest BCUT2D eigenvalue weighted by molar-refractivity contribution is 0.271. The average Bonchev–Trinajstić information content (AvgIpc) is 2.83. The molecule has 0 amide bonds. The van der Waals surface area contributed by atoms with Gasteiger partial charge in [-0.25, -0.2) is 4.98 Å². The monoisotopic (exact) mass is 339 g/mol. The Morgan fingerprint density at radius 2 is 2.20 bits per heavy atom. The van der Waals surface area contributed by atoms with Gasteiger partial charge in [-0.3, -0.25) is 0 Å². The van der Waals surface area contributed by atoms with Crippen molar-refractivity contribution in [3.05, 3.63) is 40.4 Å². The number of hydrogen-bond donors (Lipinski definition) is 1. The summed E-state index contributed by atoms with van der Waals surface area (Å²) >= 11 is 3.53. The van der Waals surface area contributed by atoms with Crippen molar-refractivity contribution in [1.29, 1.82) is 0 Å². The molecule has 0 radical (unpaired) electrons. The summed E-state index contributed by atoms with van der Waals surface area (Å²) in [5, 5.41) is 3.11. The third-order valence-corrected chi connectivity index (χ3v) is 3.53. The number of methoxy groups -OCH3 is 1. The Bertz CT molecular complexity index is 584. The van der Waals surface area contributed by atoms with Crippen molar-refractivity contribution in [2.45, 2.75) is 13.2 Å². The van der Waals surface area contributed by atoms with Gasteiger partial charge >= 0.3 is 0 Å². The number of ether oxygens (including phenoxy) is 2. The molecule has 0 aliphatic carbocycles. The van der Waals surface area contributed by atoms with E-state index in [1.807, 2.05) is 37.0 Å². The molecule has 1 heterocycles. The Hall–Kier alpha value is -1.53. The van der Waals surface area contributed by atoms with Gasteiger partial charge < -0.3 is 19.4 Å². The summed E-state index contributed by atoms with van der Waals surface area (Å²) in [6, 6.07) is 3.99. The van der Waals surface area contributed by atoms with Gasteiger partial charge in [0.05, 0.1) is 11.6 Å². The molecule has 20 heavy (non-hydrogen) atoms. The van der Waals surface area contributed by atoms with E-state index in [9.17, 15) is 0 Å². The van der Waals surface area contributed by atoms with Crippen LogP contribution in [0.4, 0.5) is 0 Å². The maximum atomic E-state index is 5.84. The first-order chi connectivity index (χ1) is 9.65. The highest BCUT2D eigenvalue weighted by Gasteiger charge is 2.12. The van der Waals surface area contributed by atoms with Crippen molar-refractivity contribution in [2.75, 3.05) is 14.2 Å². The molecule has 0 fully saturated rings. The molecule has 0 atom stereocenters. The lowest BCUT2D eigenvalue weighted by Crippen LogP contribution is -2.07. The summed E-state index contributed by atoms with van der Waals surface area (Å²) in [6.45, 7) is 1.17. The van der Waals surface area contributed by atoms with Crippen LogP contribution in [-0.4, -0.2) is 23.7 Å². The Kier molecular flexibility index (Phi) is 5.03. The van der Waals surface area contributed by atoms with Gasteiger partial charge in [0.25, 0.3) is 0 Å². The van der Waals surface area contributed by atoms with Crippen molar-refractivity contribution >= 4 is 15.9 Å². The number of rotatable bonds is 6. The van der Waals surface area contributed by atoms with Crippen molar-refractivity contribution in [2.24, 2.45) is 7.05 Å². The predicted molar refractivity (Wildman–Crippen MR) is 81.0 cm³/mol. The van der Waals surface area contributed by atoms with Crippen LogP contribution in [0, 0.1) is 0 Å². The molecular weight excluding hydrogens is 322 g/mol. The van der Waals surface area contributed by atoms with Crippen molar-refractivity contribution in [3.8, 4) is 11.5 Å². The van der Waals surface area contributed by atoms with E-state index < -0.39 is 0 Å². The summed E-state index contributed by atoms with van der Waals surface area (Å²) in [7, 11) is 5.48. The van der Waals surface area contributed by atoms with Crippen LogP contribution in [0.5, 0.6) is 11.5 Å². The molecule has 0 bridgehead atoms. The molecule has 0 aliphatic heterocycles. The second kappa shape index (κ2) is 6.76. The number of halogens is 1. The van der Waals surface area contributed by atoms with Crippen LogP contribution in [-0.2, 0) is 20.2 Å². The third-order valence-electron chi connectivity index (χ3n) is 2.94. The van der Waals surface area contributed by atoms with Crippen LogP contribution in [0.25, 0.3) is 0 Å². The van der Waals surface area contributed by atoms with E-state index in [0.717, 1.165) is 22.4 Å². The van der Waals surface area contributed by atoms with Gasteiger partial charge in [0.1, 0.15) is 12.4 Å². The maximum Gasteiger partial charge on any atom is 0.176 e. The largest absolute Gasteiger partial charge is 0.493 e. The van der Waals surface area contributed by atoms with Gasteiger partial charge in [0, 0.05) is 26.0 Å². The fourth-order valence-corrected chi connectivity index (χ4v) is 2.50. The zero-order valence-corrected chi connectivity index (χ0v) is 13.4. The Labute approximate surface area is 127 Å². The van der Waals surface area contributed by atoms with E-state index in [0.29, 0.717) is 18.1 Å². The van der Waals surface area contributed by atoms with Gasteiger partial charge in [-0.05, 0) is 40.7 Å². The second-order valence-electron chi connectivity index (χ2n) is 4.38. The Morgan fingerprint density at radius 3 is 2.80 bits per heavy atom. The molecule has 2 aromatic rings. The van der Waals surface area contributed by atoms with Crippen molar-refractivity contribution in [1.82, 2.24) is 14.9 Å². The van der Waals surface area contributed by atoms with Crippen LogP contribution < -0.4 is 14.8 Å². The lowest BCUT2D eigenvalue weighted by Gasteiger charge is -2.14. The highest BCUT2D eigenvalue weighted by molar-refractivity contribution is 9.10. The molecule has 5 nitrogen and oxygen atoms in total. The second-order valence-corrected chi connectivity index (χ2v) is 5.24. The van der Waals surface area contributed by atoms with Crippen molar-refractivity contribution < 1.29 is 9.47 Å². The average molecular weight is 340 g/mol. The minimum atomic E-state index is 0.393. The molecule has 0 saturated carbocycles. The van der Waals surface area contributed by atoms with Crippen LogP contribution in [0.2, 0.25) is 0 Å². The van der Waals surface area contributed by atoms with Crippen LogP contribution in [0.1, 0.15) is 11.4 Å². The van der Waals surface area contributed by atoms with Gasteiger partial charge in [-0.2, -0.15) is 0 Å². The molecule has 1 N–H and O–H groups in total.